The minimum atomic E-state index is -0.764. The molecule has 1 heterocycles. The quantitative estimate of drug-likeness (QED) is 0.708. The highest BCUT2D eigenvalue weighted by Gasteiger charge is 2.44. The number of para-hydroxylation sites is 1. The summed E-state index contributed by atoms with van der Waals surface area (Å²) in [5, 5.41) is 0. The number of ether oxygens (including phenoxy) is 1. The molecule has 4 rings (SSSR count). The van der Waals surface area contributed by atoms with Crippen LogP contribution in [0.4, 0.5) is 10.1 Å². The molecule has 0 spiro atoms. The lowest BCUT2D eigenvalue weighted by molar-refractivity contribution is -0.157. The predicted octanol–water partition coefficient (Wildman–Crippen LogP) is 3.53. The normalized spacial score (nSPS) is 18.3. The molecular formula is C24H27FN2O3. The molecule has 0 radical (unpaired) electrons. The number of hydrogen-bond donors (Lipinski definition) is 0. The van der Waals surface area contributed by atoms with E-state index in [4.69, 9.17) is 4.74 Å². The Hall–Kier alpha value is -2.89. The van der Waals surface area contributed by atoms with Gasteiger partial charge >= 0.3 is 5.97 Å². The van der Waals surface area contributed by atoms with Crippen molar-refractivity contribution in [3.8, 4) is 0 Å². The first kappa shape index (κ1) is 20.4. The maximum absolute atomic E-state index is 13.3. The number of piperazine rings is 1. The van der Waals surface area contributed by atoms with E-state index in [0.717, 1.165) is 37.2 Å². The summed E-state index contributed by atoms with van der Waals surface area (Å²) in [6.45, 7) is 2.47. The molecule has 0 aromatic heterocycles. The van der Waals surface area contributed by atoms with Crippen molar-refractivity contribution < 1.29 is 18.7 Å². The first-order valence-corrected chi connectivity index (χ1v) is 10.6. The van der Waals surface area contributed by atoms with Crippen molar-refractivity contribution in [2.75, 3.05) is 37.7 Å². The van der Waals surface area contributed by atoms with Crippen LogP contribution < -0.4 is 4.90 Å². The molecule has 158 valence electrons. The maximum Gasteiger partial charge on any atom is 0.317 e. The molecule has 2 aromatic carbocycles. The van der Waals surface area contributed by atoms with Crippen LogP contribution in [0.3, 0.4) is 0 Å². The molecule has 0 unspecified atom stereocenters. The van der Waals surface area contributed by atoms with Gasteiger partial charge in [-0.3, -0.25) is 9.59 Å². The van der Waals surface area contributed by atoms with Crippen molar-refractivity contribution in [2.24, 2.45) is 0 Å². The minimum Gasteiger partial charge on any atom is -0.455 e. The second-order valence-corrected chi connectivity index (χ2v) is 8.08. The van der Waals surface area contributed by atoms with Crippen molar-refractivity contribution in [3.05, 3.63) is 66.0 Å². The van der Waals surface area contributed by atoms with E-state index in [1.165, 1.54) is 12.1 Å². The monoisotopic (exact) mass is 410 g/mol. The maximum atomic E-state index is 13.3. The number of carbonyl (C=O) groups is 2. The fraction of sp³-hybridized carbons (Fsp3) is 0.417. The number of hydrogen-bond acceptors (Lipinski definition) is 4. The summed E-state index contributed by atoms with van der Waals surface area (Å²) >= 11 is 0. The van der Waals surface area contributed by atoms with E-state index >= 15 is 0 Å². The third-order valence-electron chi connectivity index (χ3n) is 6.33. The standard InChI is InChI=1S/C24H27FN2O3/c25-20-10-8-19(9-11-20)24(12-4-5-13-24)23(29)30-18-22(28)27-16-14-26(15-17-27)21-6-2-1-3-7-21/h1-3,6-11H,4-5,12-18H2. The fourth-order valence-corrected chi connectivity index (χ4v) is 4.57. The molecule has 0 bridgehead atoms. The molecule has 2 aliphatic rings. The highest BCUT2D eigenvalue weighted by molar-refractivity contribution is 5.87. The van der Waals surface area contributed by atoms with E-state index in [9.17, 15) is 14.0 Å². The number of amides is 1. The van der Waals surface area contributed by atoms with Gasteiger partial charge in [0.15, 0.2) is 6.61 Å². The predicted molar refractivity (Wildman–Crippen MR) is 113 cm³/mol. The Morgan fingerprint density at radius 2 is 1.53 bits per heavy atom. The summed E-state index contributed by atoms with van der Waals surface area (Å²) in [5.74, 6) is -0.865. The van der Waals surface area contributed by atoms with Gasteiger partial charge in [-0.1, -0.05) is 43.2 Å². The average molecular weight is 410 g/mol. The van der Waals surface area contributed by atoms with Crippen LogP contribution in [-0.2, 0) is 19.7 Å². The van der Waals surface area contributed by atoms with Gasteiger partial charge in [0, 0.05) is 31.9 Å². The molecule has 30 heavy (non-hydrogen) atoms. The lowest BCUT2D eigenvalue weighted by atomic mass is 9.79. The van der Waals surface area contributed by atoms with Crippen molar-refractivity contribution in [1.29, 1.82) is 0 Å². The molecule has 2 aromatic rings. The molecule has 1 aliphatic carbocycles. The Kier molecular flexibility index (Phi) is 6.02. The molecular weight excluding hydrogens is 383 g/mol. The van der Waals surface area contributed by atoms with E-state index in [1.54, 1.807) is 17.0 Å². The first-order valence-electron chi connectivity index (χ1n) is 10.6. The largest absolute Gasteiger partial charge is 0.455 e. The molecule has 2 fully saturated rings. The van der Waals surface area contributed by atoms with Crippen LogP contribution in [0, 0.1) is 5.82 Å². The summed E-state index contributed by atoms with van der Waals surface area (Å²) in [4.78, 5) is 29.6. The van der Waals surface area contributed by atoms with E-state index in [1.807, 2.05) is 18.2 Å². The molecule has 1 saturated heterocycles. The molecule has 0 N–H and O–H groups in total. The van der Waals surface area contributed by atoms with Crippen LogP contribution in [0.15, 0.2) is 54.6 Å². The molecule has 5 nitrogen and oxygen atoms in total. The SMILES string of the molecule is O=C(COC(=O)C1(c2ccc(F)cc2)CCCC1)N1CCN(c2ccccc2)CC1. The van der Waals surface area contributed by atoms with Gasteiger partial charge in [-0.2, -0.15) is 0 Å². The highest BCUT2D eigenvalue weighted by atomic mass is 19.1. The average Bonchev–Trinajstić information content (AvgIpc) is 3.30. The van der Waals surface area contributed by atoms with Gasteiger partial charge in [-0.05, 0) is 42.7 Å². The van der Waals surface area contributed by atoms with E-state index < -0.39 is 5.41 Å². The number of esters is 1. The van der Waals surface area contributed by atoms with Crippen LogP contribution in [0.2, 0.25) is 0 Å². The Bertz CT molecular complexity index is 871. The highest BCUT2D eigenvalue weighted by Crippen LogP contribution is 2.42. The Morgan fingerprint density at radius 3 is 2.17 bits per heavy atom. The molecule has 1 amide bonds. The fourth-order valence-electron chi connectivity index (χ4n) is 4.57. The molecule has 6 heteroatoms. The van der Waals surface area contributed by atoms with Gasteiger partial charge in [0.1, 0.15) is 5.82 Å². The zero-order valence-corrected chi connectivity index (χ0v) is 17.1. The third-order valence-corrected chi connectivity index (χ3v) is 6.33. The van der Waals surface area contributed by atoms with E-state index in [-0.39, 0.29) is 24.3 Å². The second-order valence-electron chi connectivity index (χ2n) is 8.08. The molecule has 1 saturated carbocycles. The van der Waals surface area contributed by atoms with Gasteiger partial charge in [-0.15, -0.1) is 0 Å². The minimum absolute atomic E-state index is 0.164. The Labute approximate surface area is 176 Å². The van der Waals surface area contributed by atoms with Crippen LogP contribution in [0.1, 0.15) is 31.2 Å². The number of benzene rings is 2. The summed E-state index contributed by atoms with van der Waals surface area (Å²) in [6.07, 6.45) is 3.17. The third kappa shape index (κ3) is 4.18. The zero-order valence-electron chi connectivity index (χ0n) is 17.1. The van der Waals surface area contributed by atoms with Crippen molar-refractivity contribution in [1.82, 2.24) is 4.90 Å². The lowest BCUT2D eigenvalue weighted by Crippen LogP contribution is -2.50. The number of carbonyl (C=O) groups excluding carboxylic acids is 2. The number of halogens is 1. The van der Waals surface area contributed by atoms with Crippen LogP contribution in [0.5, 0.6) is 0 Å². The first-order chi connectivity index (χ1) is 14.6. The number of anilines is 1. The smallest absolute Gasteiger partial charge is 0.317 e. The summed E-state index contributed by atoms with van der Waals surface area (Å²) in [6, 6.07) is 16.2. The number of nitrogens with zero attached hydrogens (tertiary/aromatic N) is 2. The van der Waals surface area contributed by atoms with E-state index in [0.29, 0.717) is 25.9 Å². The van der Waals surface area contributed by atoms with Crippen molar-refractivity contribution >= 4 is 17.6 Å². The van der Waals surface area contributed by atoms with Gasteiger partial charge < -0.3 is 14.5 Å². The molecule has 1 aliphatic heterocycles. The summed E-state index contributed by atoms with van der Waals surface area (Å²) in [7, 11) is 0. The molecule has 0 atom stereocenters. The Morgan fingerprint density at radius 1 is 0.900 bits per heavy atom. The second kappa shape index (κ2) is 8.86. The van der Waals surface area contributed by atoms with Gasteiger partial charge in [-0.25, -0.2) is 4.39 Å². The van der Waals surface area contributed by atoms with Crippen LogP contribution in [0.25, 0.3) is 0 Å². The van der Waals surface area contributed by atoms with Crippen molar-refractivity contribution in [3.63, 3.8) is 0 Å². The summed E-state index contributed by atoms with van der Waals surface area (Å²) in [5.41, 5.74) is 1.16. The van der Waals surface area contributed by atoms with Gasteiger partial charge in [0.2, 0.25) is 0 Å². The topological polar surface area (TPSA) is 49.9 Å². The van der Waals surface area contributed by atoms with Crippen LogP contribution >= 0.6 is 0 Å². The number of rotatable bonds is 5. The van der Waals surface area contributed by atoms with Gasteiger partial charge in [0.05, 0.1) is 5.41 Å². The van der Waals surface area contributed by atoms with E-state index in [2.05, 4.69) is 17.0 Å². The van der Waals surface area contributed by atoms with Crippen LogP contribution in [-0.4, -0.2) is 49.6 Å². The summed E-state index contributed by atoms with van der Waals surface area (Å²) < 4.78 is 18.8. The Balaban J connectivity index is 1.33. The lowest BCUT2D eigenvalue weighted by Gasteiger charge is -2.36. The van der Waals surface area contributed by atoms with Gasteiger partial charge in [0.25, 0.3) is 5.91 Å². The zero-order chi connectivity index (χ0) is 21.0. The van der Waals surface area contributed by atoms with Crippen molar-refractivity contribution in [2.45, 2.75) is 31.1 Å².